The number of H-pyrrole nitrogens is 1. The summed E-state index contributed by atoms with van der Waals surface area (Å²) in [6, 6.07) is 10.7. The molecule has 20 heavy (non-hydrogen) atoms. The number of oxazole rings is 1. The molecule has 3 heterocycles. The molecule has 1 aliphatic heterocycles. The second-order valence-corrected chi connectivity index (χ2v) is 5.01. The van der Waals surface area contributed by atoms with Gasteiger partial charge in [0.2, 0.25) is 0 Å². The quantitative estimate of drug-likeness (QED) is 0.775. The molecule has 0 saturated carbocycles. The van der Waals surface area contributed by atoms with Gasteiger partial charge in [0.15, 0.2) is 5.58 Å². The Morgan fingerprint density at radius 3 is 2.55 bits per heavy atom. The van der Waals surface area contributed by atoms with E-state index in [1.54, 1.807) is 0 Å². The van der Waals surface area contributed by atoms with Crippen LogP contribution >= 0.6 is 0 Å². The molecule has 1 aromatic carbocycles. The van der Waals surface area contributed by atoms with Gasteiger partial charge in [-0.2, -0.15) is 4.98 Å². The van der Waals surface area contributed by atoms with Gasteiger partial charge >= 0.3 is 0 Å². The van der Waals surface area contributed by atoms with Crippen molar-refractivity contribution < 1.29 is 4.42 Å². The molecule has 1 aliphatic rings. The predicted molar refractivity (Wildman–Crippen MR) is 79.2 cm³/mol. The number of fused-ring (bicyclic) bond motifs is 1. The fourth-order valence-corrected chi connectivity index (χ4v) is 2.66. The third-order valence-corrected chi connectivity index (χ3v) is 3.78. The van der Waals surface area contributed by atoms with E-state index in [1.807, 2.05) is 36.7 Å². The molecule has 3 aromatic rings. The van der Waals surface area contributed by atoms with Gasteiger partial charge in [-0.05, 0) is 18.2 Å². The van der Waals surface area contributed by atoms with Crippen LogP contribution in [-0.4, -0.2) is 36.1 Å². The maximum atomic E-state index is 5.82. The molecule has 0 spiro atoms. The smallest absolute Gasteiger partial charge is 0.298 e. The standard InChI is InChI=1S/C15H16N4O/c1-2-4-14-13(3-1)17-15(20-14)19-9-7-18(8-10-19)12-5-6-16-11-12/h1-6,11,16H,7-10H2. The summed E-state index contributed by atoms with van der Waals surface area (Å²) < 4.78 is 5.82. The average molecular weight is 268 g/mol. The van der Waals surface area contributed by atoms with Gasteiger partial charge in [-0.15, -0.1) is 0 Å². The molecule has 4 rings (SSSR count). The summed E-state index contributed by atoms with van der Waals surface area (Å²) in [5.41, 5.74) is 3.04. The van der Waals surface area contributed by atoms with Crippen LogP contribution in [0.25, 0.3) is 11.1 Å². The molecular formula is C15H16N4O. The number of anilines is 2. The second kappa shape index (κ2) is 4.59. The van der Waals surface area contributed by atoms with Crippen LogP contribution in [0.2, 0.25) is 0 Å². The van der Waals surface area contributed by atoms with Crippen molar-refractivity contribution in [1.82, 2.24) is 9.97 Å². The topological polar surface area (TPSA) is 48.3 Å². The Labute approximate surface area is 116 Å². The summed E-state index contributed by atoms with van der Waals surface area (Å²) in [7, 11) is 0. The molecule has 2 aromatic heterocycles. The summed E-state index contributed by atoms with van der Waals surface area (Å²) in [5, 5.41) is 0. The minimum atomic E-state index is 0.736. The number of nitrogens with zero attached hydrogens (tertiary/aromatic N) is 3. The number of piperazine rings is 1. The van der Waals surface area contributed by atoms with Crippen molar-refractivity contribution in [2.24, 2.45) is 0 Å². The van der Waals surface area contributed by atoms with Crippen LogP contribution in [0.15, 0.2) is 47.1 Å². The zero-order chi connectivity index (χ0) is 13.4. The minimum absolute atomic E-state index is 0.736. The molecule has 0 unspecified atom stereocenters. The number of aromatic nitrogens is 2. The maximum absolute atomic E-state index is 5.82. The van der Waals surface area contributed by atoms with Crippen molar-refractivity contribution in [3.8, 4) is 0 Å². The Morgan fingerprint density at radius 1 is 1.00 bits per heavy atom. The van der Waals surface area contributed by atoms with Crippen molar-refractivity contribution in [3.63, 3.8) is 0 Å². The molecule has 0 radical (unpaired) electrons. The van der Waals surface area contributed by atoms with E-state index in [4.69, 9.17) is 4.42 Å². The van der Waals surface area contributed by atoms with E-state index in [-0.39, 0.29) is 0 Å². The number of benzene rings is 1. The Kier molecular flexibility index (Phi) is 2.62. The van der Waals surface area contributed by atoms with E-state index >= 15 is 0 Å². The van der Waals surface area contributed by atoms with Gasteiger partial charge in [0.25, 0.3) is 6.01 Å². The van der Waals surface area contributed by atoms with Crippen molar-refractivity contribution in [1.29, 1.82) is 0 Å². The molecule has 5 heteroatoms. The fourth-order valence-electron chi connectivity index (χ4n) is 2.66. The minimum Gasteiger partial charge on any atom is -0.423 e. The summed E-state index contributed by atoms with van der Waals surface area (Å²) in [6.07, 6.45) is 4.00. The third-order valence-electron chi connectivity index (χ3n) is 3.78. The molecule has 5 nitrogen and oxygen atoms in total. The van der Waals surface area contributed by atoms with Gasteiger partial charge < -0.3 is 19.2 Å². The molecule has 1 fully saturated rings. The van der Waals surface area contributed by atoms with E-state index < -0.39 is 0 Å². The van der Waals surface area contributed by atoms with Gasteiger partial charge in [0, 0.05) is 38.6 Å². The first-order valence-electron chi connectivity index (χ1n) is 6.88. The Morgan fingerprint density at radius 2 is 1.80 bits per heavy atom. The van der Waals surface area contributed by atoms with Crippen molar-refractivity contribution in [3.05, 3.63) is 42.7 Å². The third kappa shape index (κ3) is 1.91. The van der Waals surface area contributed by atoms with Crippen LogP contribution < -0.4 is 9.80 Å². The molecular weight excluding hydrogens is 252 g/mol. The van der Waals surface area contributed by atoms with E-state index in [2.05, 4.69) is 25.8 Å². The van der Waals surface area contributed by atoms with Crippen molar-refractivity contribution in [2.45, 2.75) is 0 Å². The van der Waals surface area contributed by atoms with E-state index in [9.17, 15) is 0 Å². The zero-order valence-corrected chi connectivity index (χ0v) is 11.1. The lowest BCUT2D eigenvalue weighted by Crippen LogP contribution is -2.46. The molecule has 0 bridgehead atoms. The predicted octanol–water partition coefficient (Wildman–Crippen LogP) is 2.48. The average Bonchev–Trinajstić information content (AvgIpc) is 3.17. The fraction of sp³-hybridized carbons (Fsp3) is 0.267. The van der Waals surface area contributed by atoms with Crippen LogP contribution in [0.1, 0.15) is 0 Å². The molecule has 0 amide bonds. The van der Waals surface area contributed by atoms with E-state index in [1.165, 1.54) is 5.69 Å². The van der Waals surface area contributed by atoms with Gasteiger partial charge in [-0.1, -0.05) is 12.1 Å². The van der Waals surface area contributed by atoms with Crippen LogP contribution in [0.3, 0.4) is 0 Å². The highest BCUT2D eigenvalue weighted by Gasteiger charge is 2.21. The molecule has 1 N–H and O–H groups in total. The normalized spacial score (nSPS) is 16.0. The number of nitrogens with one attached hydrogen (secondary N) is 1. The summed E-state index contributed by atoms with van der Waals surface area (Å²) >= 11 is 0. The largest absolute Gasteiger partial charge is 0.423 e. The molecule has 0 aliphatic carbocycles. The lowest BCUT2D eigenvalue weighted by atomic mass is 10.3. The zero-order valence-electron chi connectivity index (χ0n) is 11.1. The SMILES string of the molecule is c1ccc2oc(N3CCN(c4cc[nH]c4)CC3)nc2c1. The first-order valence-corrected chi connectivity index (χ1v) is 6.88. The first-order chi connectivity index (χ1) is 9.90. The maximum Gasteiger partial charge on any atom is 0.298 e. The second-order valence-electron chi connectivity index (χ2n) is 5.01. The van der Waals surface area contributed by atoms with E-state index in [0.29, 0.717) is 0 Å². The number of aromatic amines is 1. The Bertz CT molecular complexity index is 663. The molecule has 1 saturated heterocycles. The van der Waals surface area contributed by atoms with Crippen LogP contribution in [0.5, 0.6) is 0 Å². The lowest BCUT2D eigenvalue weighted by Gasteiger charge is -2.34. The molecule has 102 valence electrons. The van der Waals surface area contributed by atoms with Crippen molar-refractivity contribution in [2.75, 3.05) is 36.0 Å². The summed E-state index contributed by atoms with van der Waals surface area (Å²) in [4.78, 5) is 12.2. The first kappa shape index (κ1) is 11.4. The number of hydrogen-bond donors (Lipinski definition) is 1. The van der Waals surface area contributed by atoms with Gasteiger partial charge in [0.05, 0.1) is 5.69 Å². The monoisotopic (exact) mass is 268 g/mol. The molecule has 0 atom stereocenters. The number of hydrogen-bond acceptors (Lipinski definition) is 4. The number of para-hydroxylation sites is 2. The number of rotatable bonds is 2. The van der Waals surface area contributed by atoms with Crippen LogP contribution in [0.4, 0.5) is 11.7 Å². The van der Waals surface area contributed by atoms with Gasteiger partial charge in [0.1, 0.15) is 5.52 Å². The highest BCUT2D eigenvalue weighted by molar-refractivity contribution is 5.74. The van der Waals surface area contributed by atoms with Gasteiger partial charge in [-0.25, -0.2) is 0 Å². The highest BCUT2D eigenvalue weighted by Crippen LogP contribution is 2.23. The summed E-state index contributed by atoms with van der Waals surface area (Å²) in [5.74, 6) is 0. The van der Waals surface area contributed by atoms with Crippen LogP contribution in [-0.2, 0) is 0 Å². The lowest BCUT2D eigenvalue weighted by molar-refractivity contribution is 0.542. The Hall–Kier alpha value is -2.43. The summed E-state index contributed by atoms with van der Waals surface area (Å²) in [6.45, 7) is 3.82. The highest BCUT2D eigenvalue weighted by atomic mass is 16.4. The van der Waals surface area contributed by atoms with Gasteiger partial charge in [-0.3, -0.25) is 0 Å². The van der Waals surface area contributed by atoms with Crippen molar-refractivity contribution >= 4 is 22.8 Å². The van der Waals surface area contributed by atoms with Crippen LogP contribution in [0, 0.1) is 0 Å². The van der Waals surface area contributed by atoms with E-state index in [0.717, 1.165) is 43.3 Å². The Balaban J connectivity index is 1.51.